The number of nitrogens with two attached hydrogens (primary N) is 1. The Morgan fingerprint density at radius 2 is 2.36 bits per heavy atom. The number of hydrogen-bond donors (Lipinski definition) is 1. The molecule has 1 unspecified atom stereocenters. The van der Waals surface area contributed by atoms with Crippen LogP contribution in [0.4, 0.5) is 0 Å². The van der Waals surface area contributed by atoms with E-state index < -0.39 is 0 Å². The van der Waals surface area contributed by atoms with Crippen molar-refractivity contribution < 1.29 is 0 Å². The van der Waals surface area contributed by atoms with Crippen LogP contribution < -0.4 is 5.73 Å². The summed E-state index contributed by atoms with van der Waals surface area (Å²) in [5, 5.41) is 2.90. The van der Waals surface area contributed by atoms with Crippen molar-refractivity contribution in [2.24, 2.45) is 5.73 Å². The molecule has 0 saturated carbocycles. The lowest BCUT2D eigenvalue weighted by atomic mass is 10.2. The van der Waals surface area contributed by atoms with Crippen molar-refractivity contribution >= 4 is 22.9 Å². The molecule has 0 fully saturated rings. The van der Waals surface area contributed by atoms with Crippen molar-refractivity contribution in [3.63, 3.8) is 0 Å². The zero-order valence-electron chi connectivity index (χ0n) is 6.73. The fourth-order valence-corrected chi connectivity index (χ4v) is 2.31. The lowest BCUT2D eigenvalue weighted by Crippen LogP contribution is -2.06. The third kappa shape index (κ3) is 1.75. The largest absolute Gasteiger partial charge is 0.323 e. The molecule has 0 bridgehead atoms. The van der Waals surface area contributed by atoms with Crippen molar-refractivity contribution in [1.29, 1.82) is 0 Å². The summed E-state index contributed by atoms with van der Waals surface area (Å²) in [5.41, 5.74) is 6.97. The molecule has 0 aliphatic carbocycles. The first-order valence-electron chi connectivity index (χ1n) is 3.65. The Morgan fingerprint density at radius 3 is 2.73 bits per heavy atom. The lowest BCUT2D eigenvalue weighted by Gasteiger charge is -2.05. The van der Waals surface area contributed by atoms with Crippen molar-refractivity contribution in [3.8, 4) is 0 Å². The van der Waals surface area contributed by atoms with Gasteiger partial charge in [0.25, 0.3) is 0 Å². The molecule has 1 aromatic heterocycles. The van der Waals surface area contributed by atoms with Gasteiger partial charge >= 0.3 is 0 Å². The van der Waals surface area contributed by atoms with Gasteiger partial charge in [-0.05, 0) is 24.3 Å². The average molecular weight is 190 g/mol. The van der Waals surface area contributed by atoms with Gasteiger partial charge in [-0.15, -0.1) is 11.3 Å². The highest BCUT2D eigenvalue weighted by atomic mass is 35.5. The predicted octanol–water partition coefficient (Wildman–Crippen LogP) is 3.12. The van der Waals surface area contributed by atoms with E-state index in [1.807, 2.05) is 12.3 Å². The minimum Gasteiger partial charge on any atom is -0.323 e. The first-order chi connectivity index (χ1) is 5.16. The third-order valence-electron chi connectivity index (χ3n) is 1.70. The monoisotopic (exact) mass is 189 g/mol. The zero-order chi connectivity index (χ0) is 8.43. The second-order valence-electron chi connectivity index (χ2n) is 2.61. The first-order valence-corrected chi connectivity index (χ1v) is 4.91. The second-order valence-corrected chi connectivity index (χ2v) is 3.90. The fraction of sp³-hybridized carbons (Fsp3) is 0.500. The molecule has 0 aliphatic rings. The van der Waals surface area contributed by atoms with Gasteiger partial charge in [0.05, 0.1) is 5.02 Å². The zero-order valence-corrected chi connectivity index (χ0v) is 8.30. The summed E-state index contributed by atoms with van der Waals surface area (Å²) in [6, 6.07) is 0.112. The number of thiophene rings is 1. The lowest BCUT2D eigenvalue weighted by molar-refractivity contribution is 0.712. The Kier molecular flexibility index (Phi) is 2.93. The Labute approximate surface area is 76.2 Å². The van der Waals surface area contributed by atoms with Crippen molar-refractivity contribution in [3.05, 3.63) is 20.8 Å². The SMILES string of the molecule is CCC(N)c1scc(C)c1Cl. The Morgan fingerprint density at radius 1 is 1.73 bits per heavy atom. The number of hydrogen-bond acceptors (Lipinski definition) is 2. The molecule has 1 rings (SSSR count). The normalized spacial score (nSPS) is 13.5. The van der Waals surface area contributed by atoms with E-state index in [4.69, 9.17) is 17.3 Å². The summed E-state index contributed by atoms with van der Waals surface area (Å²) in [6.07, 6.45) is 0.944. The maximum Gasteiger partial charge on any atom is 0.0590 e. The third-order valence-corrected chi connectivity index (χ3v) is 3.55. The summed E-state index contributed by atoms with van der Waals surface area (Å²) in [6.45, 7) is 4.07. The molecule has 0 spiro atoms. The highest BCUT2D eigenvalue weighted by Gasteiger charge is 2.11. The average Bonchev–Trinajstić information content (AvgIpc) is 2.32. The number of rotatable bonds is 2. The summed E-state index contributed by atoms with van der Waals surface area (Å²) in [7, 11) is 0. The van der Waals surface area contributed by atoms with Crippen LogP contribution in [0.2, 0.25) is 5.02 Å². The maximum absolute atomic E-state index is 6.01. The molecule has 1 nitrogen and oxygen atoms in total. The molecule has 1 atom stereocenters. The van der Waals surface area contributed by atoms with Gasteiger partial charge < -0.3 is 5.73 Å². The van der Waals surface area contributed by atoms with Crippen molar-refractivity contribution in [1.82, 2.24) is 0 Å². The molecule has 62 valence electrons. The molecular weight excluding hydrogens is 178 g/mol. The highest BCUT2D eigenvalue weighted by Crippen LogP contribution is 2.32. The summed E-state index contributed by atoms with van der Waals surface area (Å²) in [4.78, 5) is 1.12. The smallest absolute Gasteiger partial charge is 0.0590 e. The van der Waals surface area contributed by atoms with E-state index in [1.165, 1.54) is 0 Å². The quantitative estimate of drug-likeness (QED) is 0.760. The molecule has 2 N–H and O–H groups in total. The Hall–Kier alpha value is -0.0500. The molecule has 1 heterocycles. The minimum absolute atomic E-state index is 0.112. The molecule has 0 radical (unpaired) electrons. The summed E-state index contributed by atoms with van der Waals surface area (Å²) >= 11 is 7.66. The van der Waals surface area contributed by atoms with Gasteiger partial charge in [-0.2, -0.15) is 0 Å². The van der Waals surface area contributed by atoms with Gasteiger partial charge in [0.15, 0.2) is 0 Å². The minimum atomic E-state index is 0.112. The number of aryl methyl sites for hydroxylation is 1. The topological polar surface area (TPSA) is 26.0 Å². The fourth-order valence-electron chi connectivity index (χ4n) is 0.885. The molecule has 0 amide bonds. The van der Waals surface area contributed by atoms with Crippen LogP contribution in [0.5, 0.6) is 0 Å². The van der Waals surface area contributed by atoms with Crippen LogP contribution in [0.25, 0.3) is 0 Å². The van der Waals surface area contributed by atoms with Crippen LogP contribution >= 0.6 is 22.9 Å². The highest BCUT2D eigenvalue weighted by molar-refractivity contribution is 7.10. The van der Waals surface area contributed by atoms with Crippen LogP contribution in [0.1, 0.15) is 29.8 Å². The van der Waals surface area contributed by atoms with Crippen LogP contribution in [0, 0.1) is 6.92 Å². The maximum atomic E-state index is 6.01. The van der Waals surface area contributed by atoms with Gasteiger partial charge in [0, 0.05) is 10.9 Å². The van der Waals surface area contributed by atoms with Crippen LogP contribution in [-0.4, -0.2) is 0 Å². The van der Waals surface area contributed by atoms with Crippen molar-refractivity contribution in [2.45, 2.75) is 26.3 Å². The molecule has 11 heavy (non-hydrogen) atoms. The van der Waals surface area contributed by atoms with Gasteiger partial charge in [-0.25, -0.2) is 0 Å². The predicted molar refractivity (Wildman–Crippen MR) is 51.3 cm³/mol. The van der Waals surface area contributed by atoms with Gasteiger partial charge in [-0.3, -0.25) is 0 Å². The van der Waals surface area contributed by atoms with Crippen LogP contribution in [0.3, 0.4) is 0 Å². The van der Waals surface area contributed by atoms with Gasteiger partial charge in [0.2, 0.25) is 0 Å². The molecule has 0 aromatic carbocycles. The summed E-state index contributed by atoms with van der Waals surface area (Å²) in [5.74, 6) is 0. The van der Waals surface area contributed by atoms with E-state index in [0.717, 1.165) is 21.9 Å². The molecule has 1 aromatic rings. The Bertz CT molecular complexity index is 244. The first kappa shape index (κ1) is 9.04. The van der Waals surface area contributed by atoms with Gasteiger partial charge in [-0.1, -0.05) is 18.5 Å². The van der Waals surface area contributed by atoms with E-state index in [-0.39, 0.29) is 6.04 Å². The molecule has 0 saturated heterocycles. The van der Waals surface area contributed by atoms with Crippen LogP contribution in [0.15, 0.2) is 5.38 Å². The molecular formula is C8H12ClNS. The van der Waals surface area contributed by atoms with E-state index in [9.17, 15) is 0 Å². The number of halogens is 1. The van der Waals surface area contributed by atoms with Gasteiger partial charge in [0.1, 0.15) is 0 Å². The van der Waals surface area contributed by atoms with E-state index >= 15 is 0 Å². The van der Waals surface area contributed by atoms with E-state index in [0.29, 0.717) is 0 Å². The van der Waals surface area contributed by atoms with E-state index in [2.05, 4.69) is 6.92 Å². The van der Waals surface area contributed by atoms with Crippen LogP contribution in [-0.2, 0) is 0 Å². The summed E-state index contributed by atoms with van der Waals surface area (Å²) < 4.78 is 0. The second kappa shape index (κ2) is 3.57. The molecule has 3 heteroatoms. The van der Waals surface area contributed by atoms with E-state index in [1.54, 1.807) is 11.3 Å². The molecule has 0 aliphatic heterocycles. The van der Waals surface area contributed by atoms with Crippen molar-refractivity contribution in [2.75, 3.05) is 0 Å². The Balaban J connectivity index is 2.94. The standard InChI is InChI=1S/C8H12ClNS/c1-3-6(10)8-7(9)5(2)4-11-8/h4,6H,3,10H2,1-2H3.